The van der Waals surface area contributed by atoms with Gasteiger partial charge in [-0.1, -0.05) is 13.0 Å². The number of carbonyl (C=O) groups is 2. The van der Waals surface area contributed by atoms with E-state index in [9.17, 15) is 14.9 Å². The van der Waals surface area contributed by atoms with Crippen LogP contribution in [0.2, 0.25) is 0 Å². The van der Waals surface area contributed by atoms with Crippen LogP contribution in [-0.2, 0) is 22.4 Å². The number of carbonyl (C=O) groups excluding carboxylic acids is 2. The number of fused-ring (bicyclic) bond motifs is 3. The summed E-state index contributed by atoms with van der Waals surface area (Å²) in [7, 11) is 1.57. The summed E-state index contributed by atoms with van der Waals surface area (Å²) in [5.74, 6) is 0.729. The van der Waals surface area contributed by atoms with Gasteiger partial charge in [0.05, 0.1) is 18.4 Å². The molecule has 30 heavy (non-hydrogen) atoms. The molecule has 1 aromatic heterocycles. The average molecular weight is 412 g/mol. The van der Waals surface area contributed by atoms with Crippen molar-refractivity contribution in [3.05, 3.63) is 28.7 Å². The number of hydrogen-bond acceptors (Lipinski definition) is 7. The summed E-state index contributed by atoms with van der Waals surface area (Å²) >= 11 is 0. The Morgan fingerprint density at radius 3 is 2.73 bits per heavy atom. The van der Waals surface area contributed by atoms with E-state index in [4.69, 9.17) is 14.5 Å². The van der Waals surface area contributed by atoms with E-state index in [-0.39, 0.29) is 29.1 Å². The highest BCUT2D eigenvalue weighted by atomic mass is 16.6. The number of ether oxygens (including phenoxy) is 2. The summed E-state index contributed by atoms with van der Waals surface area (Å²) in [6, 6.07) is 2.03. The smallest absolute Gasteiger partial charge is 0.407 e. The lowest BCUT2D eigenvalue weighted by Gasteiger charge is -2.37. The van der Waals surface area contributed by atoms with Crippen LogP contribution in [0, 0.1) is 23.2 Å². The number of hydrogen-bond donors (Lipinski definition) is 1. The van der Waals surface area contributed by atoms with Crippen molar-refractivity contribution < 1.29 is 19.1 Å². The Labute approximate surface area is 176 Å². The summed E-state index contributed by atoms with van der Waals surface area (Å²) in [5.41, 5.74) is 1.38. The number of nitriles is 1. The number of methoxy groups -OCH3 is 1. The Hall–Kier alpha value is -2.95. The van der Waals surface area contributed by atoms with E-state index in [1.807, 2.05) is 13.0 Å². The van der Waals surface area contributed by atoms with Crippen molar-refractivity contribution in [2.45, 2.75) is 58.5 Å². The summed E-state index contributed by atoms with van der Waals surface area (Å²) in [4.78, 5) is 33.5. The lowest BCUT2D eigenvalue weighted by Crippen LogP contribution is -2.36. The SMILES string of the molecule is COc1nc(CCNC(=O)OC(C)(C)C)nc2c1CCC1C(C)C(=O)C(C#N)=CC21. The number of ketones is 1. The van der Waals surface area contributed by atoms with Crippen molar-refractivity contribution in [1.29, 1.82) is 5.26 Å². The zero-order valence-electron chi connectivity index (χ0n) is 18.1. The molecule has 0 saturated heterocycles. The van der Waals surface area contributed by atoms with Crippen LogP contribution in [0.3, 0.4) is 0 Å². The highest BCUT2D eigenvalue weighted by Crippen LogP contribution is 2.46. The van der Waals surface area contributed by atoms with Gasteiger partial charge in [-0.25, -0.2) is 9.78 Å². The van der Waals surface area contributed by atoms with Gasteiger partial charge in [-0.15, -0.1) is 0 Å². The summed E-state index contributed by atoms with van der Waals surface area (Å²) in [6.45, 7) is 7.62. The third-order valence-corrected chi connectivity index (χ3v) is 5.55. The minimum absolute atomic E-state index is 0.0926. The fourth-order valence-electron chi connectivity index (χ4n) is 4.16. The third-order valence-electron chi connectivity index (χ3n) is 5.55. The van der Waals surface area contributed by atoms with Crippen LogP contribution in [0.25, 0.3) is 0 Å². The van der Waals surface area contributed by atoms with Gasteiger partial charge in [-0.05, 0) is 39.5 Å². The predicted molar refractivity (Wildman–Crippen MR) is 109 cm³/mol. The molecule has 1 heterocycles. The Morgan fingerprint density at radius 1 is 1.37 bits per heavy atom. The van der Waals surface area contributed by atoms with Gasteiger partial charge in [0.25, 0.3) is 0 Å². The van der Waals surface area contributed by atoms with Crippen LogP contribution >= 0.6 is 0 Å². The second-order valence-corrected chi connectivity index (χ2v) is 8.76. The minimum atomic E-state index is -0.565. The van der Waals surface area contributed by atoms with E-state index in [1.165, 1.54) is 0 Å². The lowest BCUT2D eigenvalue weighted by atomic mass is 9.66. The maximum atomic E-state index is 12.4. The maximum Gasteiger partial charge on any atom is 0.407 e. The molecular weight excluding hydrogens is 384 g/mol. The standard InChI is InChI=1S/C22H28N4O4/c1-12-14-6-7-15-18(16(14)10-13(11-23)19(12)27)25-17(26-20(15)29-5)8-9-24-21(28)30-22(2,3)4/h10,12,14,16H,6-9H2,1-5H3,(H,24,28). The van der Waals surface area contributed by atoms with Crippen molar-refractivity contribution in [3.63, 3.8) is 0 Å². The molecular formula is C22H28N4O4. The highest BCUT2D eigenvalue weighted by molar-refractivity contribution is 6.01. The highest BCUT2D eigenvalue weighted by Gasteiger charge is 2.42. The number of nitrogens with zero attached hydrogens (tertiary/aromatic N) is 3. The van der Waals surface area contributed by atoms with Gasteiger partial charge in [0.15, 0.2) is 5.78 Å². The molecule has 0 radical (unpaired) electrons. The Kier molecular flexibility index (Phi) is 6.11. The first-order valence-electron chi connectivity index (χ1n) is 10.2. The predicted octanol–water partition coefficient (Wildman–Crippen LogP) is 2.87. The minimum Gasteiger partial charge on any atom is -0.481 e. The number of Topliss-reactive ketones (excluding diaryl/α,β-unsaturated/α-hetero) is 1. The molecule has 2 aliphatic carbocycles. The molecule has 160 valence electrons. The van der Waals surface area contributed by atoms with E-state index in [1.54, 1.807) is 34.0 Å². The first-order valence-corrected chi connectivity index (χ1v) is 10.2. The molecule has 1 N–H and O–H groups in total. The topological polar surface area (TPSA) is 114 Å². The van der Waals surface area contributed by atoms with Crippen molar-refractivity contribution in [2.24, 2.45) is 11.8 Å². The molecule has 8 heteroatoms. The van der Waals surface area contributed by atoms with Gasteiger partial charge in [-0.3, -0.25) is 4.79 Å². The van der Waals surface area contributed by atoms with E-state index in [0.717, 1.165) is 24.1 Å². The first kappa shape index (κ1) is 21.8. The van der Waals surface area contributed by atoms with Gasteiger partial charge in [0.1, 0.15) is 17.5 Å². The number of nitrogens with one attached hydrogen (secondary N) is 1. The summed E-state index contributed by atoms with van der Waals surface area (Å²) in [6.07, 6.45) is 3.21. The maximum absolute atomic E-state index is 12.4. The molecule has 1 amide bonds. The molecule has 8 nitrogen and oxygen atoms in total. The van der Waals surface area contributed by atoms with Crippen LogP contribution in [0.1, 0.15) is 57.1 Å². The van der Waals surface area contributed by atoms with Crippen LogP contribution in [-0.4, -0.2) is 41.1 Å². The monoisotopic (exact) mass is 412 g/mol. The normalized spacial score (nSPS) is 22.9. The molecule has 2 aliphatic rings. The van der Waals surface area contributed by atoms with Gasteiger partial charge >= 0.3 is 6.09 Å². The largest absolute Gasteiger partial charge is 0.481 e. The lowest BCUT2D eigenvalue weighted by molar-refractivity contribution is -0.120. The zero-order chi connectivity index (χ0) is 22.1. The first-order chi connectivity index (χ1) is 14.1. The van der Waals surface area contributed by atoms with Crippen molar-refractivity contribution in [3.8, 4) is 11.9 Å². The van der Waals surface area contributed by atoms with Crippen LogP contribution in [0.4, 0.5) is 4.79 Å². The molecule has 1 aromatic rings. The van der Waals surface area contributed by atoms with E-state index < -0.39 is 11.7 Å². The number of amides is 1. The third kappa shape index (κ3) is 4.45. The fraction of sp³-hybridized carbons (Fsp3) is 0.591. The molecule has 0 saturated carbocycles. The molecule has 0 fully saturated rings. The van der Waals surface area contributed by atoms with E-state index in [2.05, 4.69) is 10.3 Å². The van der Waals surface area contributed by atoms with Crippen molar-refractivity contribution in [2.75, 3.05) is 13.7 Å². The van der Waals surface area contributed by atoms with Gasteiger partial charge in [0.2, 0.25) is 5.88 Å². The number of allylic oxidation sites excluding steroid dienone is 2. The molecule has 0 aromatic carbocycles. The molecule has 3 atom stereocenters. The van der Waals surface area contributed by atoms with Crippen LogP contribution in [0.5, 0.6) is 5.88 Å². The van der Waals surface area contributed by atoms with Gasteiger partial charge < -0.3 is 14.8 Å². The zero-order valence-corrected chi connectivity index (χ0v) is 18.1. The number of rotatable bonds is 4. The summed E-state index contributed by atoms with van der Waals surface area (Å²) in [5, 5.41) is 12.1. The Morgan fingerprint density at radius 2 is 2.10 bits per heavy atom. The van der Waals surface area contributed by atoms with E-state index >= 15 is 0 Å². The average Bonchev–Trinajstić information content (AvgIpc) is 2.68. The quantitative estimate of drug-likeness (QED) is 0.808. The molecule has 3 rings (SSSR count). The number of aromatic nitrogens is 2. The molecule has 0 aliphatic heterocycles. The van der Waals surface area contributed by atoms with Gasteiger partial charge in [0, 0.05) is 30.4 Å². The second kappa shape index (κ2) is 8.42. The number of alkyl carbamates (subject to hydrolysis) is 1. The fourth-order valence-corrected chi connectivity index (χ4v) is 4.16. The molecule has 3 unspecified atom stereocenters. The second-order valence-electron chi connectivity index (χ2n) is 8.76. The van der Waals surface area contributed by atoms with Crippen LogP contribution in [0.15, 0.2) is 11.6 Å². The summed E-state index contributed by atoms with van der Waals surface area (Å²) < 4.78 is 10.8. The molecule has 0 spiro atoms. The van der Waals surface area contributed by atoms with Crippen molar-refractivity contribution in [1.82, 2.24) is 15.3 Å². The van der Waals surface area contributed by atoms with E-state index in [0.29, 0.717) is 24.7 Å². The van der Waals surface area contributed by atoms with Crippen molar-refractivity contribution >= 4 is 11.9 Å². The van der Waals surface area contributed by atoms with Gasteiger partial charge in [-0.2, -0.15) is 10.2 Å². The van der Waals surface area contributed by atoms with Crippen LogP contribution < -0.4 is 10.1 Å². The Bertz CT molecular complexity index is 926. The molecule has 0 bridgehead atoms. The Balaban J connectivity index is 1.85.